The standard InChI is InChI=1S/C11H13ClFNO/c1-11(2,3)10(15)14-9-7(12)5-4-6-8(9)13/h4-6H,1-3H3,(H,14,15). The van der Waals surface area contributed by atoms with Crippen LogP contribution in [0.1, 0.15) is 20.8 Å². The van der Waals surface area contributed by atoms with E-state index in [1.807, 2.05) is 0 Å². The molecule has 0 unspecified atom stereocenters. The van der Waals surface area contributed by atoms with Crippen molar-refractivity contribution in [1.82, 2.24) is 0 Å². The van der Waals surface area contributed by atoms with Gasteiger partial charge in [0.05, 0.1) is 10.7 Å². The lowest BCUT2D eigenvalue weighted by molar-refractivity contribution is -0.123. The van der Waals surface area contributed by atoms with Crippen LogP contribution in [0.5, 0.6) is 0 Å². The van der Waals surface area contributed by atoms with Crippen molar-refractivity contribution in [2.75, 3.05) is 5.32 Å². The van der Waals surface area contributed by atoms with Crippen molar-refractivity contribution in [2.45, 2.75) is 20.8 Å². The Hall–Kier alpha value is -1.09. The molecule has 1 amide bonds. The molecule has 0 saturated carbocycles. The van der Waals surface area contributed by atoms with Gasteiger partial charge in [0.1, 0.15) is 5.82 Å². The minimum Gasteiger partial charge on any atom is -0.322 e. The molecular formula is C11H13ClFNO. The number of halogens is 2. The van der Waals surface area contributed by atoms with Gasteiger partial charge in [-0.2, -0.15) is 0 Å². The molecule has 0 aromatic heterocycles. The second-order valence-corrected chi connectivity index (χ2v) is 4.71. The normalized spacial score (nSPS) is 11.3. The summed E-state index contributed by atoms with van der Waals surface area (Å²) in [7, 11) is 0. The Morgan fingerprint density at radius 3 is 2.47 bits per heavy atom. The summed E-state index contributed by atoms with van der Waals surface area (Å²) in [6.45, 7) is 5.24. The summed E-state index contributed by atoms with van der Waals surface area (Å²) in [6, 6.07) is 4.28. The molecule has 4 heteroatoms. The smallest absolute Gasteiger partial charge is 0.229 e. The number of anilines is 1. The first kappa shape index (κ1) is 12.0. The summed E-state index contributed by atoms with van der Waals surface area (Å²) in [5.41, 5.74) is -0.537. The maximum Gasteiger partial charge on any atom is 0.229 e. The zero-order valence-corrected chi connectivity index (χ0v) is 9.65. The van der Waals surface area contributed by atoms with E-state index in [0.29, 0.717) is 0 Å². The van der Waals surface area contributed by atoms with E-state index in [9.17, 15) is 9.18 Å². The maximum absolute atomic E-state index is 13.3. The van der Waals surface area contributed by atoms with Crippen LogP contribution in [-0.4, -0.2) is 5.91 Å². The van der Waals surface area contributed by atoms with Gasteiger partial charge in [0, 0.05) is 5.41 Å². The second-order valence-electron chi connectivity index (χ2n) is 4.30. The lowest BCUT2D eigenvalue weighted by atomic mass is 9.95. The van der Waals surface area contributed by atoms with Crippen LogP contribution in [0.15, 0.2) is 18.2 Å². The molecule has 15 heavy (non-hydrogen) atoms. The van der Waals surface area contributed by atoms with Crippen molar-refractivity contribution in [3.8, 4) is 0 Å². The Balaban J connectivity index is 2.95. The number of carbonyl (C=O) groups is 1. The van der Waals surface area contributed by atoms with Crippen LogP contribution in [0.2, 0.25) is 5.02 Å². The van der Waals surface area contributed by atoms with Crippen molar-refractivity contribution in [3.63, 3.8) is 0 Å². The number of benzene rings is 1. The molecule has 0 saturated heterocycles. The number of hydrogen-bond donors (Lipinski definition) is 1. The number of rotatable bonds is 1. The van der Waals surface area contributed by atoms with Crippen molar-refractivity contribution in [3.05, 3.63) is 29.0 Å². The van der Waals surface area contributed by atoms with Crippen LogP contribution in [-0.2, 0) is 4.79 Å². The Labute approximate surface area is 93.4 Å². The first-order chi connectivity index (χ1) is 6.82. The van der Waals surface area contributed by atoms with Gasteiger partial charge in [-0.05, 0) is 12.1 Å². The van der Waals surface area contributed by atoms with E-state index in [1.54, 1.807) is 20.8 Å². The third kappa shape index (κ3) is 2.93. The summed E-state index contributed by atoms with van der Waals surface area (Å²) >= 11 is 5.77. The van der Waals surface area contributed by atoms with Crippen molar-refractivity contribution < 1.29 is 9.18 Å². The van der Waals surface area contributed by atoms with Crippen molar-refractivity contribution in [2.24, 2.45) is 5.41 Å². The molecule has 0 fully saturated rings. The molecule has 1 rings (SSSR count). The van der Waals surface area contributed by atoms with Crippen molar-refractivity contribution in [1.29, 1.82) is 0 Å². The van der Waals surface area contributed by atoms with E-state index in [2.05, 4.69) is 5.32 Å². The van der Waals surface area contributed by atoms with Crippen LogP contribution in [0, 0.1) is 11.2 Å². The predicted molar refractivity (Wildman–Crippen MR) is 59.5 cm³/mol. The summed E-state index contributed by atoms with van der Waals surface area (Å²) in [4.78, 5) is 11.6. The largest absolute Gasteiger partial charge is 0.322 e. The zero-order valence-electron chi connectivity index (χ0n) is 8.90. The third-order valence-corrected chi connectivity index (χ3v) is 2.20. The van der Waals surface area contributed by atoms with Crippen LogP contribution in [0.3, 0.4) is 0 Å². The highest BCUT2D eigenvalue weighted by Gasteiger charge is 2.23. The molecule has 1 aromatic rings. The number of hydrogen-bond acceptors (Lipinski definition) is 1. The number of para-hydroxylation sites is 1. The Morgan fingerprint density at radius 1 is 1.40 bits per heavy atom. The monoisotopic (exact) mass is 229 g/mol. The highest BCUT2D eigenvalue weighted by molar-refractivity contribution is 6.33. The number of nitrogens with one attached hydrogen (secondary N) is 1. The fraction of sp³-hybridized carbons (Fsp3) is 0.364. The summed E-state index contributed by atoms with van der Waals surface area (Å²) < 4.78 is 13.3. The van der Waals surface area contributed by atoms with E-state index in [-0.39, 0.29) is 16.6 Å². The first-order valence-electron chi connectivity index (χ1n) is 4.58. The Bertz CT molecular complexity index is 364. The maximum atomic E-state index is 13.3. The van der Waals surface area contributed by atoms with Crippen LogP contribution < -0.4 is 5.32 Å². The highest BCUT2D eigenvalue weighted by Crippen LogP contribution is 2.26. The molecule has 0 radical (unpaired) electrons. The lowest BCUT2D eigenvalue weighted by Gasteiger charge is -2.18. The molecule has 0 bridgehead atoms. The van der Waals surface area contributed by atoms with Crippen LogP contribution in [0.4, 0.5) is 10.1 Å². The van der Waals surface area contributed by atoms with Gasteiger partial charge in [0.2, 0.25) is 5.91 Å². The van der Waals surface area contributed by atoms with Crippen LogP contribution in [0.25, 0.3) is 0 Å². The molecular weight excluding hydrogens is 217 g/mol. The van der Waals surface area contributed by atoms with Crippen molar-refractivity contribution >= 4 is 23.2 Å². The van der Waals surface area contributed by atoms with Gasteiger partial charge in [-0.3, -0.25) is 4.79 Å². The Morgan fingerprint density at radius 2 is 2.00 bits per heavy atom. The average molecular weight is 230 g/mol. The second kappa shape index (κ2) is 4.19. The van der Waals surface area contributed by atoms with Gasteiger partial charge >= 0.3 is 0 Å². The lowest BCUT2D eigenvalue weighted by Crippen LogP contribution is -2.28. The SMILES string of the molecule is CC(C)(C)C(=O)Nc1c(F)cccc1Cl. The molecule has 2 nitrogen and oxygen atoms in total. The van der Waals surface area contributed by atoms with E-state index in [1.165, 1.54) is 18.2 Å². The Kier molecular flexibility index (Phi) is 3.35. The van der Waals surface area contributed by atoms with Gasteiger partial charge in [0.15, 0.2) is 0 Å². The fourth-order valence-electron chi connectivity index (χ4n) is 0.918. The summed E-state index contributed by atoms with van der Waals surface area (Å²) in [5.74, 6) is -0.797. The van der Waals surface area contributed by atoms with E-state index < -0.39 is 11.2 Å². The first-order valence-corrected chi connectivity index (χ1v) is 4.95. The summed E-state index contributed by atoms with van der Waals surface area (Å²) in [5, 5.41) is 2.67. The highest BCUT2D eigenvalue weighted by atomic mass is 35.5. The van der Waals surface area contributed by atoms with Gasteiger partial charge in [-0.1, -0.05) is 38.4 Å². The molecule has 1 N–H and O–H groups in total. The average Bonchev–Trinajstić information content (AvgIpc) is 2.09. The fourth-order valence-corrected chi connectivity index (χ4v) is 1.13. The third-order valence-electron chi connectivity index (χ3n) is 1.88. The number of carbonyl (C=O) groups excluding carboxylic acids is 1. The van der Waals surface area contributed by atoms with Gasteiger partial charge in [0.25, 0.3) is 0 Å². The molecule has 1 aromatic carbocycles. The topological polar surface area (TPSA) is 29.1 Å². The summed E-state index contributed by atoms with van der Waals surface area (Å²) in [6.07, 6.45) is 0. The van der Waals surface area contributed by atoms with Gasteiger partial charge in [-0.15, -0.1) is 0 Å². The predicted octanol–water partition coefficient (Wildman–Crippen LogP) is 3.46. The van der Waals surface area contributed by atoms with E-state index >= 15 is 0 Å². The minimum atomic E-state index is -0.578. The zero-order chi connectivity index (χ0) is 11.6. The van der Waals surface area contributed by atoms with Gasteiger partial charge in [-0.25, -0.2) is 4.39 Å². The van der Waals surface area contributed by atoms with Crippen LogP contribution >= 0.6 is 11.6 Å². The number of amides is 1. The quantitative estimate of drug-likeness (QED) is 0.785. The molecule has 82 valence electrons. The molecule has 0 aliphatic heterocycles. The molecule has 0 spiro atoms. The van der Waals surface area contributed by atoms with Gasteiger partial charge < -0.3 is 5.32 Å². The molecule has 0 atom stereocenters. The molecule has 0 aliphatic carbocycles. The van der Waals surface area contributed by atoms with E-state index in [4.69, 9.17) is 11.6 Å². The van der Waals surface area contributed by atoms with E-state index in [0.717, 1.165) is 0 Å². The minimum absolute atomic E-state index is 0.0408. The molecule has 0 heterocycles. The molecule has 0 aliphatic rings.